The number of pyridine rings is 2. The van der Waals surface area contributed by atoms with Crippen molar-refractivity contribution in [1.82, 2.24) is 25.1 Å². The van der Waals surface area contributed by atoms with Gasteiger partial charge in [-0.1, -0.05) is 48.5 Å². The molecule has 1 amide bonds. The van der Waals surface area contributed by atoms with E-state index >= 15 is 0 Å². The van der Waals surface area contributed by atoms with Crippen molar-refractivity contribution >= 4 is 11.7 Å². The van der Waals surface area contributed by atoms with E-state index in [1.54, 1.807) is 6.07 Å². The van der Waals surface area contributed by atoms with Gasteiger partial charge in [-0.25, -0.2) is 9.37 Å². The van der Waals surface area contributed by atoms with Gasteiger partial charge in [0.1, 0.15) is 11.6 Å². The van der Waals surface area contributed by atoms with Gasteiger partial charge in [-0.3, -0.25) is 14.7 Å². The Kier molecular flexibility index (Phi) is 9.49. The number of likely N-dealkylation sites (N-methyl/N-ethyl adjacent to an activating group) is 1. The number of piperazine rings is 1. The summed E-state index contributed by atoms with van der Waals surface area (Å²) in [4.78, 5) is 26.2. The Bertz CT molecular complexity index is 1610. The first-order valence-electron chi connectivity index (χ1n) is 15.7. The molecule has 8 nitrogen and oxygen atoms in total. The number of carbonyl (C=O) groups is 1. The summed E-state index contributed by atoms with van der Waals surface area (Å²) in [5.41, 5.74) is 12.2. The van der Waals surface area contributed by atoms with Gasteiger partial charge in [0.05, 0.1) is 30.5 Å². The second-order valence-corrected chi connectivity index (χ2v) is 12.2. The Labute approximate surface area is 264 Å². The zero-order chi connectivity index (χ0) is 31.3. The molecular formula is C36H41FN6O2. The first-order valence-corrected chi connectivity index (χ1v) is 15.7. The number of hydrogen-bond acceptors (Lipinski definition) is 7. The van der Waals surface area contributed by atoms with Crippen LogP contribution in [0.25, 0.3) is 22.3 Å². The van der Waals surface area contributed by atoms with E-state index in [0.717, 1.165) is 57.2 Å². The highest BCUT2D eigenvalue weighted by molar-refractivity contribution is 5.99. The third-order valence-corrected chi connectivity index (χ3v) is 9.20. The minimum atomic E-state index is -0.462. The molecule has 3 heterocycles. The van der Waals surface area contributed by atoms with Gasteiger partial charge in [-0.15, -0.1) is 0 Å². The number of aromatic nitrogens is 2. The predicted octanol–water partition coefficient (Wildman–Crippen LogP) is 5.71. The van der Waals surface area contributed by atoms with Crippen LogP contribution in [-0.4, -0.2) is 71.0 Å². The van der Waals surface area contributed by atoms with Crippen LogP contribution in [0.3, 0.4) is 0 Å². The minimum absolute atomic E-state index is 0.103. The van der Waals surface area contributed by atoms with Crippen LogP contribution < -0.4 is 11.1 Å². The number of rotatable bonds is 9. The van der Waals surface area contributed by atoms with Gasteiger partial charge in [0.2, 0.25) is 0 Å². The molecule has 1 saturated heterocycles. The number of nitrogens with two attached hydrogens (primary N) is 1. The van der Waals surface area contributed by atoms with Crippen LogP contribution in [0.5, 0.6) is 0 Å². The lowest BCUT2D eigenvalue weighted by Gasteiger charge is -2.36. The van der Waals surface area contributed by atoms with Gasteiger partial charge in [0, 0.05) is 55.7 Å². The van der Waals surface area contributed by atoms with Gasteiger partial charge in [0.25, 0.3) is 5.91 Å². The van der Waals surface area contributed by atoms with Crippen LogP contribution in [-0.2, 0) is 11.3 Å². The molecule has 0 bridgehead atoms. The summed E-state index contributed by atoms with van der Waals surface area (Å²) in [5, 5.41) is 3.10. The maximum Gasteiger partial charge on any atom is 0.255 e. The summed E-state index contributed by atoms with van der Waals surface area (Å²) >= 11 is 0. The highest BCUT2D eigenvalue weighted by Gasteiger charge is 2.30. The molecule has 1 aliphatic heterocycles. The van der Waals surface area contributed by atoms with Crippen LogP contribution in [0.15, 0.2) is 79.3 Å². The van der Waals surface area contributed by atoms with E-state index in [1.807, 2.05) is 0 Å². The van der Waals surface area contributed by atoms with Crippen LogP contribution >= 0.6 is 0 Å². The molecule has 3 atom stereocenters. The van der Waals surface area contributed by atoms with Gasteiger partial charge >= 0.3 is 0 Å². The molecule has 2 aromatic carbocycles. The molecule has 2 aromatic heterocycles. The van der Waals surface area contributed by atoms with Crippen LogP contribution in [0.2, 0.25) is 0 Å². The van der Waals surface area contributed by atoms with Gasteiger partial charge in [0.15, 0.2) is 0 Å². The number of amides is 1. The molecule has 2 fully saturated rings. The van der Waals surface area contributed by atoms with Gasteiger partial charge in [-0.05, 0) is 67.6 Å². The van der Waals surface area contributed by atoms with Crippen LogP contribution in [0.4, 0.5) is 10.2 Å². The molecule has 0 radical (unpaired) electrons. The summed E-state index contributed by atoms with van der Waals surface area (Å²) in [6.45, 7) is 7.21. The monoisotopic (exact) mass is 608 g/mol. The summed E-state index contributed by atoms with van der Waals surface area (Å²) in [6, 6.07) is 20.7. The number of nitrogen functional groups attached to an aromatic ring is 1. The lowest BCUT2D eigenvalue weighted by atomic mass is 9.99. The summed E-state index contributed by atoms with van der Waals surface area (Å²) in [6.07, 6.45) is 6.71. The summed E-state index contributed by atoms with van der Waals surface area (Å²) in [5.74, 6) is -0.660. The topological polar surface area (TPSA) is 96.6 Å². The average molecular weight is 609 g/mol. The normalized spacial score (nSPS) is 19.8. The number of nitrogens with one attached hydrogen (secondary N) is 1. The molecule has 1 saturated carbocycles. The van der Waals surface area contributed by atoms with Crippen molar-refractivity contribution in [3.63, 3.8) is 0 Å². The molecular weight excluding hydrogens is 567 g/mol. The zero-order valence-electron chi connectivity index (χ0n) is 26.0. The van der Waals surface area contributed by atoms with Gasteiger partial charge in [-0.2, -0.15) is 0 Å². The molecule has 0 spiro atoms. The van der Waals surface area contributed by atoms with E-state index in [-0.39, 0.29) is 29.4 Å². The fraction of sp³-hybridized carbons (Fsp3) is 0.361. The number of benzene rings is 2. The van der Waals surface area contributed by atoms with Gasteiger partial charge < -0.3 is 20.7 Å². The largest absolute Gasteiger partial charge is 0.383 e. The van der Waals surface area contributed by atoms with E-state index in [4.69, 9.17) is 10.5 Å². The van der Waals surface area contributed by atoms with Crippen molar-refractivity contribution in [3.8, 4) is 22.3 Å². The highest BCUT2D eigenvalue weighted by Crippen LogP contribution is 2.28. The molecule has 2 aliphatic rings. The quantitative estimate of drug-likeness (QED) is 0.251. The van der Waals surface area contributed by atoms with Crippen LogP contribution in [0, 0.1) is 5.82 Å². The third-order valence-electron chi connectivity index (χ3n) is 9.20. The Morgan fingerprint density at radius 1 is 0.956 bits per heavy atom. The van der Waals surface area contributed by atoms with Crippen molar-refractivity contribution in [3.05, 3.63) is 102 Å². The number of anilines is 1. The second-order valence-electron chi connectivity index (χ2n) is 12.2. The van der Waals surface area contributed by atoms with E-state index < -0.39 is 5.82 Å². The standard InChI is InChI=1S/C36H41FN6O2/c1-24(43-16-14-42(2)15-17-43)26-10-12-28(13-11-26)27-8-6-25(7-9-27)23-45-34-5-3-4-33(34)41-36(44)32-19-30(21-40-35(32)38)29-18-31(37)22-39-20-29/h6-13,18-22,24,33-34H,3-5,14-17,23H2,1-2H3,(H2,38,40)(H,41,44)/t24?,33-,34-/m0/s1. The smallest absolute Gasteiger partial charge is 0.255 e. The number of carbonyl (C=O) groups excluding carboxylic acids is 1. The number of ether oxygens (including phenoxy) is 1. The van der Waals surface area contributed by atoms with Crippen molar-refractivity contribution in [2.24, 2.45) is 0 Å². The van der Waals surface area contributed by atoms with Crippen molar-refractivity contribution in [1.29, 1.82) is 0 Å². The lowest BCUT2D eigenvalue weighted by Crippen LogP contribution is -2.45. The zero-order valence-corrected chi connectivity index (χ0v) is 26.0. The summed E-state index contributed by atoms with van der Waals surface area (Å²) < 4.78 is 20.0. The Hall–Kier alpha value is -4.18. The fourth-order valence-corrected chi connectivity index (χ4v) is 6.29. The average Bonchev–Trinajstić information content (AvgIpc) is 3.51. The molecule has 9 heteroatoms. The minimum Gasteiger partial charge on any atom is -0.383 e. The molecule has 1 aliphatic carbocycles. The predicted molar refractivity (Wildman–Crippen MR) is 175 cm³/mol. The highest BCUT2D eigenvalue weighted by atomic mass is 19.1. The molecule has 4 aromatic rings. The van der Waals surface area contributed by atoms with E-state index in [0.29, 0.717) is 23.8 Å². The van der Waals surface area contributed by atoms with E-state index in [1.165, 1.54) is 35.2 Å². The third kappa shape index (κ3) is 7.39. The van der Waals surface area contributed by atoms with Crippen molar-refractivity contribution in [2.45, 2.75) is 51.0 Å². The molecule has 45 heavy (non-hydrogen) atoms. The van der Waals surface area contributed by atoms with E-state index in [2.05, 4.69) is 87.6 Å². The molecule has 234 valence electrons. The van der Waals surface area contributed by atoms with E-state index in [9.17, 15) is 9.18 Å². The maximum atomic E-state index is 13.7. The Balaban J connectivity index is 1.03. The SMILES string of the molecule is CC(c1ccc(-c2ccc(CO[C@H]3CCC[C@@H]3NC(=O)c3cc(-c4cncc(F)c4)cnc3N)cc2)cc1)N1CCN(C)CC1. The van der Waals surface area contributed by atoms with Crippen molar-refractivity contribution < 1.29 is 13.9 Å². The molecule has 3 N–H and O–H groups in total. The first kappa shape index (κ1) is 30.8. The first-order chi connectivity index (χ1) is 21.8. The van der Waals surface area contributed by atoms with Crippen LogP contribution in [0.1, 0.15) is 53.7 Å². The molecule has 1 unspecified atom stereocenters. The Morgan fingerprint density at radius 2 is 1.64 bits per heavy atom. The maximum absolute atomic E-state index is 13.7. The molecule has 6 rings (SSSR count). The summed E-state index contributed by atoms with van der Waals surface area (Å²) in [7, 11) is 2.19. The van der Waals surface area contributed by atoms with Crippen molar-refractivity contribution in [2.75, 3.05) is 39.0 Å². The Morgan fingerprint density at radius 3 is 2.36 bits per heavy atom. The lowest BCUT2D eigenvalue weighted by molar-refractivity contribution is 0.0272. The number of hydrogen-bond donors (Lipinski definition) is 2. The second kappa shape index (κ2) is 13.9. The fourth-order valence-electron chi connectivity index (χ4n) is 6.29. The number of nitrogens with zero attached hydrogens (tertiary/aromatic N) is 4. The number of halogens is 1.